The molecule has 0 aliphatic carbocycles. The van der Waals surface area contributed by atoms with E-state index in [1.807, 2.05) is 54.6 Å². The standard InChI is InChI=1S/C25H16O2.2C7H8.CH4O/c1-15-9-11-23-20(13-15)21-14-16(10-12-24(21)26-23)17-6-4-7-19-18-5-2-3-8-22(18)27-25(17)19;2*1-7-5-3-2-4-6-7;1-2/h2-14H,1H3;2*2-6H,1H3;2H,1H3. The average Bonchev–Trinajstić information content (AvgIpc) is 3.61. The van der Waals surface area contributed by atoms with Crippen molar-refractivity contribution in [2.75, 3.05) is 7.11 Å². The number of aliphatic hydroxyl groups excluding tert-OH is 1. The quantitative estimate of drug-likeness (QED) is 0.216. The molecule has 2 heterocycles. The van der Waals surface area contributed by atoms with Crippen molar-refractivity contribution < 1.29 is 13.9 Å². The molecule has 0 fully saturated rings. The maximum atomic E-state index is 7.00. The van der Waals surface area contributed by atoms with E-state index in [1.165, 1.54) is 16.7 Å². The summed E-state index contributed by atoms with van der Waals surface area (Å²) in [6.45, 7) is 6.28. The normalized spacial score (nSPS) is 10.4. The van der Waals surface area contributed by atoms with Gasteiger partial charge in [0.25, 0.3) is 0 Å². The van der Waals surface area contributed by atoms with Crippen LogP contribution in [0.25, 0.3) is 55.0 Å². The second-order valence-corrected chi connectivity index (χ2v) is 10.4. The van der Waals surface area contributed by atoms with Gasteiger partial charge in [0, 0.05) is 34.2 Å². The van der Waals surface area contributed by atoms with Gasteiger partial charge in [-0.25, -0.2) is 0 Å². The van der Waals surface area contributed by atoms with Crippen molar-refractivity contribution in [2.24, 2.45) is 0 Å². The van der Waals surface area contributed by atoms with Gasteiger partial charge in [-0.2, -0.15) is 0 Å². The first kappa shape index (κ1) is 29.4. The molecule has 43 heavy (non-hydrogen) atoms. The minimum atomic E-state index is 0.913. The zero-order valence-electron chi connectivity index (χ0n) is 25.0. The summed E-state index contributed by atoms with van der Waals surface area (Å²) >= 11 is 0. The van der Waals surface area contributed by atoms with Crippen LogP contribution in [0.15, 0.2) is 148 Å². The van der Waals surface area contributed by atoms with Gasteiger partial charge in [0.2, 0.25) is 0 Å². The predicted octanol–water partition coefficient (Wildman–Crippen LogP) is 11.1. The predicted molar refractivity (Wildman–Crippen MR) is 182 cm³/mol. The maximum absolute atomic E-state index is 7.00. The van der Waals surface area contributed by atoms with Crippen molar-refractivity contribution in [1.82, 2.24) is 0 Å². The van der Waals surface area contributed by atoms with Gasteiger partial charge in [-0.1, -0.05) is 126 Å². The molecule has 3 nitrogen and oxygen atoms in total. The molecule has 0 atom stereocenters. The van der Waals surface area contributed by atoms with Gasteiger partial charge >= 0.3 is 0 Å². The number of benzene rings is 6. The fraction of sp³-hybridized carbons (Fsp3) is 0.100. The summed E-state index contributed by atoms with van der Waals surface area (Å²) in [5, 5.41) is 11.6. The van der Waals surface area contributed by atoms with Crippen LogP contribution < -0.4 is 0 Å². The van der Waals surface area contributed by atoms with Crippen molar-refractivity contribution in [1.29, 1.82) is 0 Å². The highest BCUT2D eigenvalue weighted by molar-refractivity contribution is 6.11. The third-order valence-electron chi connectivity index (χ3n) is 7.22. The minimum absolute atomic E-state index is 0.913. The van der Waals surface area contributed by atoms with Gasteiger partial charge in [-0.3, -0.25) is 0 Å². The van der Waals surface area contributed by atoms with Gasteiger partial charge in [0.1, 0.15) is 22.3 Å². The van der Waals surface area contributed by atoms with Gasteiger partial charge in [-0.15, -0.1) is 0 Å². The highest BCUT2D eigenvalue weighted by Gasteiger charge is 2.14. The minimum Gasteiger partial charge on any atom is -0.456 e. The zero-order chi connectivity index (χ0) is 30.2. The summed E-state index contributed by atoms with van der Waals surface area (Å²) in [7, 11) is 1.00. The lowest BCUT2D eigenvalue weighted by Gasteiger charge is -2.03. The van der Waals surface area contributed by atoms with Gasteiger partial charge < -0.3 is 13.9 Å². The summed E-state index contributed by atoms with van der Waals surface area (Å²) in [6.07, 6.45) is 0. The lowest BCUT2D eigenvalue weighted by Crippen LogP contribution is -1.79. The Morgan fingerprint density at radius 1 is 0.395 bits per heavy atom. The van der Waals surface area contributed by atoms with E-state index in [0.29, 0.717) is 0 Å². The molecule has 0 unspecified atom stereocenters. The summed E-state index contributed by atoms with van der Waals surface area (Å²) in [5.74, 6) is 0. The van der Waals surface area contributed by atoms with Gasteiger partial charge in [0.15, 0.2) is 0 Å². The number of hydrogen-bond acceptors (Lipinski definition) is 3. The highest BCUT2D eigenvalue weighted by atomic mass is 16.3. The molecular formula is C40H36O3. The van der Waals surface area contributed by atoms with E-state index >= 15 is 0 Å². The molecule has 0 aliphatic rings. The summed E-state index contributed by atoms with van der Waals surface area (Å²) in [4.78, 5) is 0. The molecule has 214 valence electrons. The van der Waals surface area contributed by atoms with Crippen molar-refractivity contribution in [3.8, 4) is 11.1 Å². The SMILES string of the molecule is CO.Cc1ccc2oc3ccc(-c4cccc5c4oc4ccccc45)cc3c2c1.Cc1ccccc1.Cc1ccccc1. The molecule has 2 aromatic heterocycles. The van der Waals surface area contributed by atoms with Crippen molar-refractivity contribution >= 4 is 43.9 Å². The second-order valence-electron chi connectivity index (χ2n) is 10.4. The Morgan fingerprint density at radius 3 is 1.56 bits per heavy atom. The van der Waals surface area contributed by atoms with Crippen LogP contribution in [-0.4, -0.2) is 12.2 Å². The number of para-hydroxylation sites is 2. The van der Waals surface area contributed by atoms with Gasteiger partial charge in [0.05, 0.1) is 0 Å². The number of furan rings is 2. The first-order valence-electron chi connectivity index (χ1n) is 14.4. The second kappa shape index (κ2) is 13.7. The van der Waals surface area contributed by atoms with E-state index in [0.717, 1.165) is 62.1 Å². The molecule has 6 aromatic carbocycles. The zero-order valence-corrected chi connectivity index (χ0v) is 25.0. The van der Waals surface area contributed by atoms with E-state index in [4.69, 9.17) is 13.9 Å². The summed E-state index contributed by atoms with van der Waals surface area (Å²) < 4.78 is 12.2. The molecule has 0 radical (unpaired) electrons. The lowest BCUT2D eigenvalue weighted by atomic mass is 10.00. The fourth-order valence-electron chi connectivity index (χ4n) is 5.10. The first-order valence-corrected chi connectivity index (χ1v) is 14.4. The largest absolute Gasteiger partial charge is 0.456 e. The Morgan fingerprint density at radius 2 is 0.930 bits per heavy atom. The third kappa shape index (κ3) is 6.69. The van der Waals surface area contributed by atoms with Crippen LogP contribution in [0.3, 0.4) is 0 Å². The van der Waals surface area contributed by atoms with E-state index in [1.54, 1.807) is 0 Å². The third-order valence-corrected chi connectivity index (χ3v) is 7.22. The molecule has 0 spiro atoms. The molecule has 1 N–H and O–H groups in total. The average molecular weight is 565 g/mol. The molecule has 0 bridgehead atoms. The van der Waals surface area contributed by atoms with Gasteiger partial charge in [-0.05, 0) is 56.7 Å². The molecular weight excluding hydrogens is 528 g/mol. The molecule has 0 saturated carbocycles. The molecule has 0 saturated heterocycles. The van der Waals surface area contributed by atoms with E-state index < -0.39 is 0 Å². The number of aliphatic hydroxyl groups is 1. The smallest absolute Gasteiger partial charge is 0.143 e. The number of fused-ring (bicyclic) bond motifs is 6. The monoisotopic (exact) mass is 564 g/mol. The van der Waals surface area contributed by atoms with Crippen LogP contribution in [0.5, 0.6) is 0 Å². The van der Waals surface area contributed by atoms with Crippen LogP contribution in [0, 0.1) is 20.8 Å². The Bertz CT molecular complexity index is 2030. The van der Waals surface area contributed by atoms with Crippen LogP contribution in [0.1, 0.15) is 16.7 Å². The lowest BCUT2D eigenvalue weighted by molar-refractivity contribution is 0.399. The Hall–Kier alpha value is -5.12. The number of hydrogen-bond donors (Lipinski definition) is 1. The maximum Gasteiger partial charge on any atom is 0.143 e. The Labute approximate surface area is 252 Å². The number of rotatable bonds is 1. The fourth-order valence-corrected chi connectivity index (χ4v) is 5.10. The summed E-state index contributed by atoms with van der Waals surface area (Å²) in [6, 6.07) is 47.8. The molecule has 8 rings (SSSR count). The summed E-state index contributed by atoms with van der Waals surface area (Å²) in [5.41, 5.74) is 9.81. The Kier molecular flexibility index (Phi) is 9.36. The molecule has 0 aliphatic heterocycles. The Balaban J connectivity index is 0.000000189. The molecule has 8 aromatic rings. The topological polar surface area (TPSA) is 46.5 Å². The van der Waals surface area contributed by atoms with E-state index in [-0.39, 0.29) is 0 Å². The number of aryl methyl sites for hydroxylation is 3. The first-order chi connectivity index (χ1) is 21.1. The highest BCUT2D eigenvalue weighted by Crippen LogP contribution is 2.38. The van der Waals surface area contributed by atoms with Crippen LogP contribution in [-0.2, 0) is 0 Å². The van der Waals surface area contributed by atoms with E-state index in [9.17, 15) is 0 Å². The van der Waals surface area contributed by atoms with Crippen LogP contribution >= 0.6 is 0 Å². The molecule has 3 heteroatoms. The van der Waals surface area contributed by atoms with E-state index in [2.05, 4.69) is 106 Å². The van der Waals surface area contributed by atoms with Crippen LogP contribution in [0.2, 0.25) is 0 Å². The van der Waals surface area contributed by atoms with Crippen molar-refractivity contribution in [3.05, 3.63) is 156 Å². The van der Waals surface area contributed by atoms with Crippen molar-refractivity contribution in [3.63, 3.8) is 0 Å². The van der Waals surface area contributed by atoms with Crippen LogP contribution in [0.4, 0.5) is 0 Å². The van der Waals surface area contributed by atoms with Crippen molar-refractivity contribution in [2.45, 2.75) is 20.8 Å². The molecule has 0 amide bonds.